The van der Waals surface area contributed by atoms with Gasteiger partial charge < -0.3 is 40.0 Å². The molecular weight excluding hydrogens is 704 g/mol. The molecule has 2 saturated heterocycles. The molecule has 0 saturated carbocycles. The Morgan fingerprint density at radius 1 is 1.09 bits per heavy atom. The van der Waals surface area contributed by atoms with Crippen LogP contribution < -0.4 is 16.0 Å². The zero-order valence-electron chi connectivity index (χ0n) is 30.0. The molecule has 0 aliphatic carbocycles. The molecule has 0 radical (unpaired) electrons. The normalized spacial score (nSPS) is 19.9. The van der Waals surface area contributed by atoms with Crippen molar-refractivity contribution in [1.29, 1.82) is 0 Å². The second kappa shape index (κ2) is 17.8. The van der Waals surface area contributed by atoms with Crippen LogP contribution in [-0.4, -0.2) is 113 Å². The number of rotatable bonds is 14. The highest BCUT2D eigenvalue weighted by Gasteiger charge is 2.41. The van der Waals surface area contributed by atoms with E-state index in [0.717, 1.165) is 28.7 Å². The molecule has 4 atom stereocenters. The minimum Gasteiger partial charge on any atom is -0.444 e. The number of ether oxygens (including phenoxy) is 2. The lowest BCUT2D eigenvalue weighted by molar-refractivity contribution is -0.136. The van der Waals surface area contributed by atoms with E-state index in [-0.39, 0.29) is 43.4 Å². The molecule has 288 valence electrons. The number of amides is 5. The van der Waals surface area contributed by atoms with Crippen molar-refractivity contribution in [3.63, 3.8) is 0 Å². The Morgan fingerprint density at radius 2 is 1.83 bits per heavy atom. The smallest absolute Gasteiger partial charge is 0.407 e. The maximum atomic E-state index is 15.2. The highest BCUT2D eigenvalue weighted by molar-refractivity contribution is 6.12. The van der Waals surface area contributed by atoms with Crippen LogP contribution in [0.3, 0.4) is 0 Å². The fourth-order valence-electron chi connectivity index (χ4n) is 7.08. The molecule has 2 fully saturated rings. The van der Waals surface area contributed by atoms with Crippen LogP contribution >= 0.6 is 0 Å². The van der Waals surface area contributed by atoms with Crippen molar-refractivity contribution >= 4 is 23.9 Å². The van der Waals surface area contributed by atoms with Gasteiger partial charge >= 0.3 is 12.1 Å². The molecule has 6 rings (SSSR count). The van der Waals surface area contributed by atoms with Crippen molar-refractivity contribution < 1.29 is 42.5 Å². The van der Waals surface area contributed by atoms with E-state index in [1.807, 2.05) is 34.9 Å². The second-order valence-electron chi connectivity index (χ2n) is 13.8. The Morgan fingerprint density at radius 3 is 2.56 bits per heavy atom. The van der Waals surface area contributed by atoms with Gasteiger partial charge in [-0.2, -0.15) is 0 Å². The van der Waals surface area contributed by atoms with Gasteiger partial charge in [-0.05, 0) is 49.4 Å². The summed E-state index contributed by atoms with van der Waals surface area (Å²) in [6.45, 7) is 3.34. The van der Waals surface area contributed by atoms with Crippen LogP contribution in [0.25, 0.3) is 11.3 Å². The highest BCUT2D eigenvalue weighted by Crippen LogP contribution is 2.38. The van der Waals surface area contributed by atoms with Crippen LogP contribution in [0.4, 0.5) is 18.4 Å². The fourth-order valence-corrected chi connectivity index (χ4v) is 7.08. The number of halogens is 2. The number of nitrogens with zero attached hydrogens (tertiary/aromatic N) is 4. The van der Waals surface area contributed by atoms with Crippen LogP contribution in [0.1, 0.15) is 37.2 Å². The summed E-state index contributed by atoms with van der Waals surface area (Å²) in [5, 5.41) is 18.6. The van der Waals surface area contributed by atoms with Crippen LogP contribution in [0.15, 0.2) is 66.9 Å². The summed E-state index contributed by atoms with van der Waals surface area (Å²) >= 11 is 0. The quantitative estimate of drug-likeness (QED) is 0.181. The fraction of sp³-hybridized carbons (Fsp3) is 0.447. The first kappa shape index (κ1) is 38.5. The van der Waals surface area contributed by atoms with Gasteiger partial charge in [-0.3, -0.25) is 14.5 Å². The Kier molecular flexibility index (Phi) is 12.7. The third kappa shape index (κ3) is 9.29. The number of aliphatic hydroxyl groups is 1. The van der Waals surface area contributed by atoms with E-state index in [1.165, 1.54) is 12.2 Å². The number of hydrogen-bond acceptors (Lipinski definition) is 9. The maximum Gasteiger partial charge on any atom is 0.407 e. The van der Waals surface area contributed by atoms with Crippen LogP contribution in [0.5, 0.6) is 0 Å². The number of imide groups is 1. The van der Waals surface area contributed by atoms with Gasteiger partial charge in [0.15, 0.2) is 0 Å². The summed E-state index contributed by atoms with van der Waals surface area (Å²) in [6, 6.07) is 11.0. The topological polar surface area (TPSA) is 167 Å². The first-order valence-corrected chi connectivity index (χ1v) is 18.1. The lowest BCUT2D eigenvalue weighted by atomic mass is 9.89. The second-order valence-corrected chi connectivity index (χ2v) is 13.8. The minimum atomic E-state index is -0.744. The first-order chi connectivity index (χ1) is 26.1. The number of imidazole rings is 1. The molecule has 1 aromatic heterocycles. The van der Waals surface area contributed by atoms with Crippen LogP contribution in [0, 0.1) is 23.5 Å². The molecule has 14 nitrogen and oxygen atoms in total. The lowest BCUT2D eigenvalue weighted by Gasteiger charge is -2.40. The number of aliphatic hydroxyl groups excluding tert-OH is 1. The van der Waals surface area contributed by atoms with E-state index in [0.29, 0.717) is 51.5 Å². The van der Waals surface area contributed by atoms with Crippen molar-refractivity contribution in [2.45, 2.75) is 44.5 Å². The number of urea groups is 1. The number of hydrogen-bond donors (Lipinski definition) is 4. The van der Waals surface area contributed by atoms with E-state index < -0.39 is 59.7 Å². The molecule has 2 aromatic carbocycles. The summed E-state index contributed by atoms with van der Waals surface area (Å²) in [7, 11) is 0. The van der Waals surface area contributed by atoms with Gasteiger partial charge in [-0.1, -0.05) is 30.3 Å². The summed E-state index contributed by atoms with van der Waals surface area (Å²) in [4.78, 5) is 58.7. The largest absolute Gasteiger partial charge is 0.444 e. The Bertz CT molecular complexity index is 1820. The number of alkyl carbamates (subject to hydrolysis) is 1. The summed E-state index contributed by atoms with van der Waals surface area (Å²) in [6.07, 6.45) is 3.76. The molecule has 5 amide bonds. The van der Waals surface area contributed by atoms with Gasteiger partial charge in [0.1, 0.15) is 23.6 Å². The maximum absolute atomic E-state index is 15.2. The Balaban J connectivity index is 1.32. The summed E-state index contributed by atoms with van der Waals surface area (Å²) < 4.78 is 43.1. The number of aromatic nitrogens is 2. The average molecular weight is 750 g/mol. The average Bonchev–Trinajstić information content (AvgIpc) is 3.88. The molecule has 54 heavy (non-hydrogen) atoms. The molecule has 0 spiro atoms. The molecule has 4 N–H and O–H groups in total. The Hall–Kier alpha value is -5.19. The number of nitrogens with one attached hydrogen (secondary N) is 3. The number of benzene rings is 2. The van der Waals surface area contributed by atoms with Crippen molar-refractivity contribution in [1.82, 2.24) is 35.3 Å². The third-order valence-electron chi connectivity index (χ3n) is 9.90. The Labute approximate surface area is 311 Å². The minimum absolute atomic E-state index is 0.0134. The standard InChI is InChI=1S/C38H45F2N7O7/c1-24(23-48)43-37(51)47(21-27-18-41-19-32(27)54-38(52)42-13-14-46-33(49)9-10-34(46)50)35(26-11-15-53-16-12-26)36-44-31(29-17-28(39)7-8-30(29)40)22-45(36)20-25-5-3-2-4-6-25/h2-10,17,22,24,26-27,32,35,41,48H,11-16,18-21,23H2,1H3,(H,42,52)(H,43,51). The lowest BCUT2D eigenvalue weighted by Crippen LogP contribution is -2.52. The van der Waals surface area contributed by atoms with Crippen LogP contribution in [0.2, 0.25) is 0 Å². The monoisotopic (exact) mass is 749 g/mol. The van der Waals surface area contributed by atoms with Gasteiger partial charge in [0.2, 0.25) is 0 Å². The molecule has 4 heterocycles. The van der Waals surface area contributed by atoms with Crippen LogP contribution in [-0.2, 0) is 25.6 Å². The molecule has 3 aromatic rings. The highest BCUT2D eigenvalue weighted by atomic mass is 19.1. The van der Waals surface area contributed by atoms with Crippen molar-refractivity contribution in [3.8, 4) is 11.3 Å². The number of carbonyl (C=O) groups is 4. The van der Waals surface area contributed by atoms with Gasteiger partial charge in [0, 0.05) is 82.3 Å². The predicted octanol–water partition coefficient (Wildman–Crippen LogP) is 2.98. The molecule has 16 heteroatoms. The van der Waals surface area contributed by atoms with Gasteiger partial charge in [-0.15, -0.1) is 0 Å². The van der Waals surface area contributed by atoms with E-state index >= 15 is 4.39 Å². The summed E-state index contributed by atoms with van der Waals surface area (Å²) in [5.74, 6) is -2.29. The zero-order chi connectivity index (χ0) is 38.2. The van der Waals surface area contributed by atoms with Gasteiger partial charge in [-0.25, -0.2) is 23.4 Å². The van der Waals surface area contributed by atoms with E-state index in [9.17, 15) is 28.7 Å². The van der Waals surface area contributed by atoms with Crippen molar-refractivity contribution in [3.05, 3.63) is 89.9 Å². The third-order valence-corrected chi connectivity index (χ3v) is 9.90. The predicted molar refractivity (Wildman–Crippen MR) is 192 cm³/mol. The van der Waals surface area contributed by atoms with E-state index in [2.05, 4.69) is 16.0 Å². The first-order valence-electron chi connectivity index (χ1n) is 18.1. The molecule has 3 aliphatic heterocycles. The molecule has 4 unspecified atom stereocenters. The molecular formula is C38H45F2N7O7. The van der Waals surface area contributed by atoms with Crippen molar-refractivity contribution in [2.75, 3.05) is 52.5 Å². The number of carbonyl (C=O) groups excluding carboxylic acids is 4. The van der Waals surface area contributed by atoms with Gasteiger partial charge in [0.25, 0.3) is 11.8 Å². The molecule has 0 bridgehead atoms. The van der Waals surface area contributed by atoms with Crippen molar-refractivity contribution in [2.24, 2.45) is 11.8 Å². The van der Waals surface area contributed by atoms with Gasteiger partial charge in [0.05, 0.1) is 24.4 Å². The van der Waals surface area contributed by atoms with E-state index in [4.69, 9.17) is 14.5 Å². The zero-order valence-corrected chi connectivity index (χ0v) is 30.0. The SMILES string of the molecule is CC(CO)NC(=O)N(CC1CNCC1OC(=O)NCCN1C(=O)C=CC1=O)C(c1nc(-c2cc(F)ccc2F)cn1Cc1ccccc1)C1CCOCC1. The van der Waals surface area contributed by atoms with E-state index in [1.54, 1.807) is 18.0 Å². The molecule has 3 aliphatic rings. The summed E-state index contributed by atoms with van der Waals surface area (Å²) in [5.41, 5.74) is 1.10.